The zero-order valence-electron chi connectivity index (χ0n) is 17.3. The Morgan fingerprint density at radius 3 is 2.67 bits per heavy atom. The lowest BCUT2D eigenvalue weighted by atomic mass is 10.1. The first kappa shape index (κ1) is 20.0. The molecule has 166 valence electrons. The molecule has 0 N–H and O–H groups in total. The molecule has 0 saturated heterocycles. The van der Waals surface area contributed by atoms with Crippen molar-refractivity contribution in [1.29, 1.82) is 0 Å². The summed E-state index contributed by atoms with van der Waals surface area (Å²) in [6.07, 6.45) is 4.31. The van der Waals surface area contributed by atoms with E-state index < -0.39 is 6.61 Å². The molecule has 1 aliphatic rings. The summed E-state index contributed by atoms with van der Waals surface area (Å²) in [6.45, 7) is -2.08. The largest absolute Gasteiger partial charge is 0.435 e. The summed E-state index contributed by atoms with van der Waals surface area (Å²) in [6, 6.07) is 13.7. The predicted octanol–water partition coefficient (Wildman–Crippen LogP) is 5.48. The number of alkyl halides is 2. The van der Waals surface area contributed by atoms with E-state index in [1.54, 1.807) is 17.6 Å². The number of nitrogens with zero attached hydrogens (tertiary/aromatic N) is 4. The molecule has 0 unspecified atom stereocenters. The number of hydrogen-bond acceptors (Lipinski definition) is 5. The molecule has 1 aliphatic carbocycles. The molecular formula is C24H18F2N4O2S. The topological polar surface area (TPSA) is 61.9 Å². The van der Waals surface area contributed by atoms with Gasteiger partial charge in [-0.05, 0) is 60.7 Å². The molecule has 1 fully saturated rings. The highest BCUT2D eigenvalue weighted by molar-refractivity contribution is 7.16. The lowest BCUT2D eigenvalue weighted by Crippen LogP contribution is -2.23. The van der Waals surface area contributed by atoms with E-state index in [0.717, 1.165) is 22.3 Å². The number of aromatic nitrogens is 4. The summed E-state index contributed by atoms with van der Waals surface area (Å²) in [5.41, 5.74) is 5.56. The van der Waals surface area contributed by atoms with Crippen molar-refractivity contribution >= 4 is 32.6 Å². The third-order valence-corrected chi connectivity index (χ3v) is 6.66. The SMILES string of the molecule is O=c1c(-c2ccc(OC(F)F)cc2)c2c(ccn2CC2CC2)nn1-c1ccc2ncsc2c1. The molecule has 0 amide bonds. The summed E-state index contributed by atoms with van der Waals surface area (Å²) in [5, 5.41) is 4.67. The number of thiazole rings is 1. The molecular weight excluding hydrogens is 446 g/mol. The minimum absolute atomic E-state index is 0.0448. The second-order valence-corrected chi connectivity index (χ2v) is 9.03. The van der Waals surface area contributed by atoms with E-state index in [0.29, 0.717) is 28.2 Å². The van der Waals surface area contributed by atoms with Crippen molar-refractivity contribution in [2.24, 2.45) is 5.92 Å². The fourth-order valence-corrected chi connectivity index (χ4v) is 4.83. The maximum absolute atomic E-state index is 13.8. The first-order valence-electron chi connectivity index (χ1n) is 10.6. The van der Waals surface area contributed by atoms with Crippen LogP contribution in [0.3, 0.4) is 0 Å². The first-order valence-corrected chi connectivity index (χ1v) is 11.5. The van der Waals surface area contributed by atoms with E-state index in [2.05, 4.69) is 19.4 Å². The summed E-state index contributed by atoms with van der Waals surface area (Å²) >= 11 is 1.50. The fraction of sp³-hybridized carbons (Fsp3) is 0.208. The molecule has 0 aliphatic heterocycles. The van der Waals surface area contributed by atoms with Crippen molar-refractivity contribution in [2.45, 2.75) is 26.0 Å². The maximum Gasteiger partial charge on any atom is 0.387 e. The van der Waals surface area contributed by atoms with Gasteiger partial charge in [0.15, 0.2) is 0 Å². The van der Waals surface area contributed by atoms with Gasteiger partial charge in [0.1, 0.15) is 11.3 Å². The summed E-state index contributed by atoms with van der Waals surface area (Å²) < 4.78 is 34.1. The summed E-state index contributed by atoms with van der Waals surface area (Å²) in [5.74, 6) is 0.648. The summed E-state index contributed by atoms with van der Waals surface area (Å²) in [7, 11) is 0. The first-order chi connectivity index (χ1) is 16.1. The van der Waals surface area contributed by atoms with Gasteiger partial charge >= 0.3 is 6.61 Å². The van der Waals surface area contributed by atoms with Crippen molar-refractivity contribution in [3.05, 3.63) is 70.6 Å². The Bertz CT molecular complexity index is 1530. The molecule has 0 radical (unpaired) electrons. The highest BCUT2D eigenvalue weighted by Gasteiger charge is 2.25. The van der Waals surface area contributed by atoms with Gasteiger partial charge < -0.3 is 9.30 Å². The van der Waals surface area contributed by atoms with Crippen LogP contribution in [0.5, 0.6) is 5.75 Å². The van der Waals surface area contributed by atoms with Gasteiger partial charge in [-0.25, -0.2) is 4.98 Å². The Kier molecular flexibility index (Phi) is 4.72. The Morgan fingerprint density at radius 2 is 1.91 bits per heavy atom. The zero-order chi connectivity index (χ0) is 22.5. The van der Waals surface area contributed by atoms with E-state index in [1.807, 2.05) is 30.5 Å². The van der Waals surface area contributed by atoms with Crippen LogP contribution in [-0.2, 0) is 6.54 Å². The Hall–Kier alpha value is -3.59. The fourth-order valence-electron chi connectivity index (χ4n) is 4.12. The highest BCUT2D eigenvalue weighted by atomic mass is 32.1. The maximum atomic E-state index is 13.8. The number of halogens is 2. The molecule has 3 heterocycles. The quantitative estimate of drug-likeness (QED) is 0.334. The van der Waals surface area contributed by atoms with Crippen molar-refractivity contribution in [1.82, 2.24) is 19.3 Å². The van der Waals surface area contributed by atoms with Crippen LogP contribution in [-0.4, -0.2) is 25.9 Å². The highest BCUT2D eigenvalue weighted by Crippen LogP contribution is 2.34. The minimum atomic E-state index is -2.90. The van der Waals surface area contributed by atoms with Crippen molar-refractivity contribution in [3.63, 3.8) is 0 Å². The van der Waals surface area contributed by atoms with Crippen LogP contribution in [0, 0.1) is 5.92 Å². The van der Waals surface area contributed by atoms with Gasteiger partial charge in [0.25, 0.3) is 5.56 Å². The van der Waals surface area contributed by atoms with E-state index in [4.69, 9.17) is 0 Å². The molecule has 0 spiro atoms. The number of fused-ring (bicyclic) bond motifs is 2. The van der Waals surface area contributed by atoms with E-state index in [9.17, 15) is 13.6 Å². The third-order valence-electron chi connectivity index (χ3n) is 5.87. The zero-order valence-corrected chi connectivity index (χ0v) is 18.1. The monoisotopic (exact) mass is 464 g/mol. The van der Waals surface area contributed by atoms with Gasteiger partial charge in [-0.15, -0.1) is 11.3 Å². The van der Waals surface area contributed by atoms with Gasteiger partial charge in [-0.3, -0.25) is 4.79 Å². The second-order valence-electron chi connectivity index (χ2n) is 8.14. The molecule has 6 nitrogen and oxygen atoms in total. The standard InChI is InChI=1S/C24H18F2N4O2S/c25-24(26)32-17-6-3-15(4-7-17)21-22-19(9-10-29(22)12-14-1-2-14)28-30(23(21)31)16-5-8-18-20(11-16)33-13-27-18/h3-11,13-14,24H,1-2,12H2. The second kappa shape index (κ2) is 7.77. The lowest BCUT2D eigenvalue weighted by Gasteiger charge is -2.13. The van der Waals surface area contributed by atoms with Gasteiger partial charge in [0, 0.05) is 12.7 Å². The molecule has 0 atom stereocenters. The lowest BCUT2D eigenvalue weighted by molar-refractivity contribution is -0.0498. The number of rotatable bonds is 6. The van der Waals surface area contributed by atoms with E-state index in [-0.39, 0.29) is 11.3 Å². The third kappa shape index (κ3) is 3.68. The molecule has 2 aromatic carbocycles. The molecule has 9 heteroatoms. The van der Waals surface area contributed by atoms with E-state index in [1.165, 1.54) is 41.0 Å². The predicted molar refractivity (Wildman–Crippen MR) is 123 cm³/mol. The van der Waals surface area contributed by atoms with Crippen LogP contribution in [0.1, 0.15) is 12.8 Å². The Labute approximate surface area is 190 Å². The van der Waals surface area contributed by atoms with Crippen molar-refractivity contribution in [2.75, 3.05) is 0 Å². The van der Waals surface area contributed by atoms with Crippen molar-refractivity contribution < 1.29 is 13.5 Å². The Morgan fingerprint density at radius 1 is 1.09 bits per heavy atom. The van der Waals surface area contributed by atoms with Crippen LogP contribution in [0.15, 0.2) is 65.0 Å². The van der Waals surface area contributed by atoms with Crippen LogP contribution < -0.4 is 10.3 Å². The normalized spacial score (nSPS) is 13.9. The molecule has 3 aromatic heterocycles. The van der Waals surface area contributed by atoms with Gasteiger partial charge in [0.05, 0.1) is 32.5 Å². The van der Waals surface area contributed by atoms with Crippen LogP contribution in [0.25, 0.3) is 38.1 Å². The van der Waals surface area contributed by atoms with Crippen molar-refractivity contribution in [3.8, 4) is 22.6 Å². The molecule has 5 aromatic rings. The number of benzene rings is 2. The van der Waals surface area contributed by atoms with Crippen LogP contribution in [0.4, 0.5) is 8.78 Å². The Balaban J connectivity index is 1.56. The summed E-state index contributed by atoms with van der Waals surface area (Å²) in [4.78, 5) is 18.1. The number of hydrogen-bond donors (Lipinski definition) is 0. The average Bonchev–Trinajstić information content (AvgIpc) is 3.34. The average molecular weight is 464 g/mol. The molecule has 6 rings (SSSR count). The molecule has 0 bridgehead atoms. The molecule has 1 saturated carbocycles. The van der Waals surface area contributed by atoms with Crippen LogP contribution in [0.2, 0.25) is 0 Å². The van der Waals surface area contributed by atoms with Gasteiger partial charge in [0.2, 0.25) is 0 Å². The van der Waals surface area contributed by atoms with Gasteiger partial charge in [-0.1, -0.05) is 12.1 Å². The molecule has 33 heavy (non-hydrogen) atoms. The number of ether oxygens (including phenoxy) is 1. The van der Waals surface area contributed by atoms with Crippen LogP contribution >= 0.6 is 11.3 Å². The minimum Gasteiger partial charge on any atom is -0.435 e. The smallest absolute Gasteiger partial charge is 0.387 e. The van der Waals surface area contributed by atoms with Gasteiger partial charge in [-0.2, -0.15) is 18.6 Å². The van der Waals surface area contributed by atoms with E-state index >= 15 is 0 Å².